The molecule has 1 atom stereocenters. The minimum absolute atomic E-state index is 0.262. The second-order valence-corrected chi connectivity index (χ2v) is 7.34. The second kappa shape index (κ2) is 6.84. The molecule has 162 valence electrons. The van der Waals surface area contributed by atoms with Gasteiger partial charge in [-0.25, -0.2) is 27.0 Å². The lowest BCUT2D eigenvalue weighted by atomic mass is 10.0. The molecule has 0 unspecified atom stereocenters. The van der Waals surface area contributed by atoms with E-state index in [1.54, 1.807) is 0 Å². The lowest BCUT2D eigenvalue weighted by molar-refractivity contribution is -0.138. The van der Waals surface area contributed by atoms with E-state index in [1.165, 1.54) is 0 Å². The summed E-state index contributed by atoms with van der Waals surface area (Å²) in [6.45, 7) is -1.80. The first kappa shape index (κ1) is 20.4. The van der Waals surface area contributed by atoms with Crippen molar-refractivity contribution in [3.8, 4) is 0 Å². The van der Waals surface area contributed by atoms with Gasteiger partial charge in [0, 0.05) is 25.5 Å². The highest BCUT2D eigenvalue weighted by Crippen LogP contribution is 2.40. The second-order valence-electron chi connectivity index (χ2n) is 7.34. The molecule has 1 saturated heterocycles. The van der Waals surface area contributed by atoms with E-state index in [0.29, 0.717) is 21.5 Å². The number of pyridine rings is 1. The molecular weight excluding hydrogens is 420 g/mol. The van der Waals surface area contributed by atoms with Gasteiger partial charge < -0.3 is 4.90 Å². The number of rotatable bonds is 3. The zero-order chi connectivity index (χ0) is 21.8. The average Bonchev–Trinajstić information content (AvgIpc) is 3.18. The summed E-state index contributed by atoms with van der Waals surface area (Å²) in [5.74, 6) is -10.6. The Morgan fingerprint density at radius 2 is 1.93 bits per heavy atom. The van der Waals surface area contributed by atoms with E-state index >= 15 is 0 Å². The lowest BCUT2D eigenvalue weighted by Gasteiger charge is -2.30. The van der Waals surface area contributed by atoms with Gasteiger partial charge in [-0.15, -0.1) is 5.10 Å². The summed E-state index contributed by atoms with van der Waals surface area (Å²) >= 11 is 0. The molecule has 0 radical (unpaired) electrons. The van der Waals surface area contributed by atoms with Gasteiger partial charge in [0.15, 0.2) is 0 Å². The molecule has 2 aromatic heterocycles. The van der Waals surface area contributed by atoms with Crippen molar-refractivity contribution in [2.24, 2.45) is 0 Å². The summed E-state index contributed by atoms with van der Waals surface area (Å²) in [6, 6.07) is -0.918. The van der Waals surface area contributed by atoms with Crippen molar-refractivity contribution in [2.45, 2.75) is 43.7 Å². The van der Waals surface area contributed by atoms with Crippen LogP contribution in [0.25, 0.3) is 0 Å². The van der Waals surface area contributed by atoms with Crippen molar-refractivity contribution < 1.29 is 31.1 Å². The molecule has 2 aromatic rings. The summed E-state index contributed by atoms with van der Waals surface area (Å²) in [7, 11) is 0. The summed E-state index contributed by atoms with van der Waals surface area (Å²) in [5, 5.41) is 3.55. The third-order valence-electron chi connectivity index (χ3n) is 5.19. The maximum Gasteiger partial charge on any atom is 0.347 e. The first-order chi connectivity index (χ1) is 14.0. The van der Waals surface area contributed by atoms with E-state index < -0.39 is 85.0 Å². The maximum absolute atomic E-state index is 14.4. The van der Waals surface area contributed by atoms with Crippen LogP contribution >= 0.6 is 0 Å². The number of hydrogen-bond acceptors (Lipinski definition) is 4. The Morgan fingerprint density at radius 3 is 2.57 bits per heavy atom. The van der Waals surface area contributed by atoms with E-state index in [9.17, 15) is 35.9 Å². The highest BCUT2D eigenvalue weighted by molar-refractivity contribution is 5.81. The van der Waals surface area contributed by atoms with Crippen molar-refractivity contribution in [2.75, 3.05) is 13.1 Å². The fraction of sp³-hybridized carbons (Fsp3) is 0.529. The van der Waals surface area contributed by atoms with E-state index in [-0.39, 0.29) is 6.54 Å². The molecule has 2 aliphatic heterocycles. The molecule has 0 N–H and O–H groups in total. The van der Waals surface area contributed by atoms with E-state index in [0.717, 1.165) is 4.90 Å². The third kappa shape index (κ3) is 3.45. The fourth-order valence-corrected chi connectivity index (χ4v) is 3.68. The minimum atomic E-state index is -3.55. The molecule has 4 rings (SSSR count). The summed E-state index contributed by atoms with van der Waals surface area (Å²) in [6.07, 6.45) is -1.13. The smallest absolute Gasteiger partial charge is 0.335 e. The summed E-state index contributed by atoms with van der Waals surface area (Å²) < 4.78 is 83.5. The van der Waals surface area contributed by atoms with Gasteiger partial charge in [0.2, 0.25) is 11.7 Å². The van der Waals surface area contributed by atoms with Gasteiger partial charge >= 0.3 is 11.6 Å². The third-order valence-corrected chi connectivity index (χ3v) is 5.19. The molecule has 0 aromatic carbocycles. The average molecular weight is 435 g/mol. The Balaban J connectivity index is 1.71. The SMILES string of the molecule is O=C([C@@H]1CCC(F)(F)c2nn(Cc3ncc(F)cc3F)c(=O)n21)N1CCC(F)(F)C1. The normalized spacial score (nSPS) is 22.2. The number of amides is 1. The van der Waals surface area contributed by atoms with Crippen LogP contribution in [-0.2, 0) is 17.3 Å². The van der Waals surface area contributed by atoms with Crippen LogP contribution in [0.4, 0.5) is 26.3 Å². The molecule has 30 heavy (non-hydrogen) atoms. The molecule has 0 saturated carbocycles. The topological polar surface area (TPSA) is 73.0 Å². The lowest BCUT2D eigenvalue weighted by Crippen LogP contribution is -2.44. The van der Waals surface area contributed by atoms with Crippen molar-refractivity contribution >= 4 is 5.91 Å². The van der Waals surface area contributed by atoms with Crippen LogP contribution in [-0.4, -0.2) is 49.2 Å². The minimum Gasteiger partial charge on any atom is -0.335 e. The van der Waals surface area contributed by atoms with Gasteiger partial charge in [-0.05, 0) is 6.42 Å². The first-order valence-electron chi connectivity index (χ1n) is 9.03. The highest BCUT2D eigenvalue weighted by Gasteiger charge is 2.49. The molecule has 13 heteroatoms. The number of carbonyl (C=O) groups excluding carboxylic acids is 1. The van der Waals surface area contributed by atoms with Crippen LogP contribution in [0.1, 0.15) is 36.8 Å². The van der Waals surface area contributed by atoms with Crippen LogP contribution in [0.15, 0.2) is 17.1 Å². The van der Waals surface area contributed by atoms with Crippen LogP contribution < -0.4 is 5.69 Å². The van der Waals surface area contributed by atoms with Gasteiger partial charge in [0.05, 0.1) is 25.0 Å². The molecule has 1 fully saturated rings. The van der Waals surface area contributed by atoms with Crippen molar-refractivity contribution in [3.63, 3.8) is 0 Å². The Morgan fingerprint density at radius 1 is 1.20 bits per heavy atom. The van der Waals surface area contributed by atoms with E-state index in [2.05, 4.69) is 10.1 Å². The molecule has 4 heterocycles. The van der Waals surface area contributed by atoms with Crippen molar-refractivity contribution in [1.29, 1.82) is 0 Å². The van der Waals surface area contributed by atoms with Crippen LogP contribution in [0, 0.1) is 11.6 Å². The monoisotopic (exact) mass is 435 g/mol. The van der Waals surface area contributed by atoms with Gasteiger partial charge in [0.25, 0.3) is 5.92 Å². The van der Waals surface area contributed by atoms with E-state index in [4.69, 9.17) is 0 Å². The largest absolute Gasteiger partial charge is 0.347 e. The maximum atomic E-state index is 14.4. The number of carbonyl (C=O) groups is 1. The molecule has 2 aliphatic rings. The van der Waals surface area contributed by atoms with Crippen LogP contribution in [0.3, 0.4) is 0 Å². The predicted octanol–water partition coefficient (Wildman–Crippen LogP) is 2.06. The molecule has 0 aliphatic carbocycles. The van der Waals surface area contributed by atoms with Gasteiger partial charge in [0.1, 0.15) is 17.7 Å². The van der Waals surface area contributed by atoms with Crippen LogP contribution in [0.5, 0.6) is 0 Å². The molecule has 7 nitrogen and oxygen atoms in total. The molecular formula is C17H15F6N5O2. The summed E-state index contributed by atoms with van der Waals surface area (Å²) in [4.78, 5) is 29.8. The quantitative estimate of drug-likeness (QED) is 0.692. The Hall–Kier alpha value is -2.86. The first-order valence-corrected chi connectivity index (χ1v) is 9.03. The fourth-order valence-electron chi connectivity index (χ4n) is 3.68. The summed E-state index contributed by atoms with van der Waals surface area (Å²) in [5.41, 5.74) is -1.56. The van der Waals surface area contributed by atoms with Crippen molar-refractivity contribution in [1.82, 2.24) is 24.2 Å². The van der Waals surface area contributed by atoms with Gasteiger partial charge in [-0.1, -0.05) is 0 Å². The number of fused-ring (bicyclic) bond motifs is 1. The van der Waals surface area contributed by atoms with Crippen LogP contribution in [0.2, 0.25) is 0 Å². The predicted molar refractivity (Wildman–Crippen MR) is 88.1 cm³/mol. The highest BCUT2D eigenvalue weighted by atomic mass is 19.3. The Kier molecular flexibility index (Phi) is 4.66. The van der Waals surface area contributed by atoms with Gasteiger partial charge in [-0.3, -0.25) is 14.3 Å². The molecule has 1 amide bonds. The standard InChI is InChI=1S/C17H15F6N5O2/c18-9-5-10(19)11(24-6-9)7-27-15(30)28-12(1-2-17(22,23)14(28)25-27)13(29)26-4-3-16(20,21)8-26/h5-6,12H,1-4,7-8H2/t12-/m0/s1. The van der Waals surface area contributed by atoms with Crippen molar-refractivity contribution in [3.05, 3.63) is 45.9 Å². The zero-order valence-corrected chi connectivity index (χ0v) is 15.3. The molecule has 0 bridgehead atoms. The van der Waals surface area contributed by atoms with E-state index in [1.807, 2.05) is 0 Å². The van der Waals surface area contributed by atoms with Gasteiger partial charge in [-0.2, -0.15) is 8.78 Å². The number of hydrogen-bond donors (Lipinski definition) is 0. The zero-order valence-electron chi connectivity index (χ0n) is 15.3. The number of aromatic nitrogens is 4. The number of likely N-dealkylation sites (tertiary alicyclic amines) is 1. The number of alkyl halides is 4. The Bertz CT molecular complexity index is 1070. The molecule has 0 spiro atoms. The Labute approximate surface area is 164 Å². The number of halogens is 6. The number of nitrogens with zero attached hydrogens (tertiary/aromatic N) is 5.